The molecule has 0 fully saturated rings. The molecule has 25 N–H and O–H groups in total. The molecule has 0 unspecified atom stereocenters. The van der Waals surface area contributed by atoms with Gasteiger partial charge in [-0.15, -0.1) is 24.0 Å². The summed E-state index contributed by atoms with van der Waals surface area (Å²) in [5.74, 6) is -2.96. The average Bonchev–Trinajstić information content (AvgIpc) is 0.842. The monoisotopic (exact) mass is 1740 g/mol. The third-order valence-corrected chi connectivity index (χ3v) is 15.2. The number of amidine groups is 1. The molecule has 38 heteroatoms. The van der Waals surface area contributed by atoms with Crippen molar-refractivity contribution in [3.05, 3.63) is 141 Å². The van der Waals surface area contributed by atoms with Crippen LogP contribution in [0.5, 0.6) is 23.0 Å². The average molecular weight is 1740 g/mol. The van der Waals surface area contributed by atoms with Crippen LogP contribution in [0, 0.1) is 5.41 Å². The lowest BCUT2D eigenvalue weighted by Gasteiger charge is -2.08. The van der Waals surface area contributed by atoms with Crippen LogP contribution in [0.3, 0.4) is 0 Å². The predicted octanol–water partition coefficient (Wildman–Crippen LogP) is 6.07. The number of carbonyl (C=O) groups is 9. The minimum atomic E-state index is -0.694. The Hall–Kier alpha value is -10.1. The standard InChI is InChI=1S/C20H26ClN9O4.2C15H22N2O3.C11H16O.C7H9ClN6OS.C2H4BrNO.HI/c21-16-18(24)29-17(23)15(28-16)19(33)30-20(25)26-8-2-1-3-11-4-6-12(7-5-11)34-10-14(32)27-9-13(22)31;2*1-2-3-4-5-12-6-8-13(9-7-12)20-11-15(19)17-10-14(16)18;1-2-3-4-5-10-6-8-11(12)9-7-10;1-16-7(11)14-6(15)2-4(9)13-5(10)3(8)12-2;3-1-2(4)5;/h4-7H,1-3,8-10H2,(H2,22,31)(H,27,32)(H4,23,24,29)(H3,25,26,30,33);2*6-9H,2-5,10-11H2,1H3,(H2,16,18)(H,17,19);6-9,12H,2-5H2,1H3;1H3,(H4,9,10,13)(H2,11,14,15);1H2,(H2,4,5);1H. The van der Waals surface area contributed by atoms with Crippen LogP contribution in [0.4, 0.5) is 23.3 Å². The van der Waals surface area contributed by atoms with E-state index in [1.807, 2.05) is 72.8 Å². The quantitative estimate of drug-likeness (QED) is 0.00705. The van der Waals surface area contributed by atoms with Crippen LogP contribution in [-0.2, 0) is 59.2 Å². The van der Waals surface area contributed by atoms with E-state index in [1.54, 1.807) is 30.5 Å². The number of hydrogen-bond acceptors (Lipinski definition) is 24. The van der Waals surface area contributed by atoms with E-state index in [0.29, 0.717) is 29.5 Å². The van der Waals surface area contributed by atoms with Gasteiger partial charge in [0, 0.05) is 6.54 Å². The molecular formula is C70H100BrCl2IN20O13S. The topological polar surface area (TPSA) is 584 Å². The van der Waals surface area contributed by atoms with E-state index in [4.69, 9.17) is 93.8 Å². The first-order valence-corrected chi connectivity index (χ1v) is 36.7. The number of aromatic hydroxyl groups is 1. The second-order valence-corrected chi connectivity index (χ2v) is 24.7. The Morgan fingerprint density at radius 1 is 0.472 bits per heavy atom. The normalized spacial score (nSPS) is 10.1. The first-order chi connectivity index (χ1) is 50.9. The van der Waals surface area contributed by atoms with E-state index in [2.05, 4.69) is 93.9 Å². The first kappa shape index (κ1) is 98.0. The van der Waals surface area contributed by atoms with Crippen LogP contribution >= 0.6 is 74.9 Å². The van der Waals surface area contributed by atoms with Crippen molar-refractivity contribution in [1.82, 2.24) is 46.5 Å². The van der Waals surface area contributed by atoms with Crippen LogP contribution in [0.2, 0.25) is 10.3 Å². The highest BCUT2D eigenvalue weighted by atomic mass is 127. The summed E-state index contributed by atoms with van der Waals surface area (Å²) < 4.78 is 16.0. The molecular weight excluding hydrogens is 1640 g/mol. The van der Waals surface area contributed by atoms with Crippen molar-refractivity contribution in [3.8, 4) is 23.0 Å². The maximum Gasteiger partial charge on any atom is 0.280 e. The van der Waals surface area contributed by atoms with Crippen molar-refractivity contribution < 1.29 is 62.5 Å². The third kappa shape index (κ3) is 47.5. The Labute approximate surface area is 667 Å². The third-order valence-electron chi connectivity index (χ3n) is 13.6. The maximum absolute atomic E-state index is 12.2. The Morgan fingerprint density at radius 3 is 1.06 bits per heavy atom. The summed E-state index contributed by atoms with van der Waals surface area (Å²) in [4.78, 5) is 118. The molecule has 0 atom stereocenters. The number of benzene rings is 4. The van der Waals surface area contributed by atoms with Crippen molar-refractivity contribution in [3.63, 3.8) is 0 Å². The SMILES string of the molecule is CCCCCc1ccc(O)cc1.CCCCCc1ccc(OCC(=O)NCC(N)=O)cc1.CCCCCc1ccc(OCC(=O)NCC(N)=O)cc1.CSC(=N)NC(=O)c1nc(Cl)c(N)nc1N.I.NC(=O)CBr.NC(=O)CNC(=O)COc1ccc(CCCCN=C(N)NC(=O)c2nc(Cl)c(N)nc2N)cc1. The number of aromatic nitrogens is 4. The predicted molar refractivity (Wildman–Crippen MR) is 436 cm³/mol. The Bertz CT molecular complexity index is 3700. The summed E-state index contributed by atoms with van der Waals surface area (Å²) in [7, 11) is 0. The number of hydrogen-bond donors (Lipinski definition) is 16. The van der Waals surface area contributed by atoms with E-state index in [-0.39, 0.29) is 143 Å². The minimum Gasteiger partial charge on any atom is -0.508 e. The van der Waals surface area contributed by atoms with Gasteiger partial charge < -0.3 is 92.2 Å². The number of phenols is 1. The van der Waals surface area contributed by atoms with Gasteiger partial charge >= 0.3 is 0 Å². The molecule has 2 aromatic heterocycles. The molecule has 592 valence electrons. The fraction of sp³-hybridized carbons (Fsp3) is 0.386. The lowest BCUT2D eigenvalue weighted by Crippen LogP contribution is -2.38. The summed E-state index contributed by atoms with van der Waals surface area (Å²) >= 11 is 15.3. The van der Waals surface area contributed by atoms with Crippen molar-refractivity contribution in [1.29, 1.82) is 5.41 Å². The van der Waals surface area contributed by atoms with Crippen LogP contribution in [0.25, 0.3) is 0 Å². The van der Waals surface area contributed by atoms with Gasteiger partial charge in [-0.05, 0) is 135 Å². The number of nitrogens with two attached hydrogens (primary N) is 9. The zero-order valence-electron chi connectivity index (χ0n) is 60.7. The molecule has 9 amide bonds. The van der Waals surface area contributed by atoms with Crippen LogP contribution in [-0.4, -0.2) is 147 Å². The van der Waals surface area contributed by atoms with Crippen molar-refractivity contribution in [2.45, 2.75) is 117 Å². The van der Waals surface area contributed by atoms with Gasteiger partial charge in [0.2, 0.25) is 23.6 Å². The van der Waals surface area contributed by atoms with Crippen LogP contribution in [0.15, 0.2) is 102 Å². The highest BCUT2D eigenvalue weighted by Gasteiger charge is 2.19. The van der Waals surface area contributed by atoms with Crippen LogP contribution in [0.1, 0.15) is 135 Å². The molecule has 0 aliphatic heterocycles. The summed E-state index contributed by atoms with van der Waals surface area (Å²) in [6, 6.07) is 30.2. The maximum atomic E-state index is 12.2. The zero-order valence-corrected chi connectivity index (χ0v) is 67.0. The molecule has 0 aliphatic rings. The van der Waals surface area contributed by atoms with E-state index < -0.39 is 35.4 Å². The number of primary amides is 4. The number of rotatable bonds is 35. The number of thioether (sulfide) groups is 1. The fourth-order valence-electron chi connectivity index (χ4n) is 8.10. The zero-order chi connectivity index (χ0) is 80.1. The van der Waals surface area contributed by atoms with Crippen molar-refractivity contribution in [2.24, 2.45) is 33.7 Å². The van der Waals surface area contributed by atoms with E-state index in [0.717, 1.165) is 55.9 Å². The number of alkyl halides is 1. The molecule has 0 saturated carbocycles. The lowest BCUT2D eigenvalue weighted by atomic mass is 10.1. The summed E-state index contributed by atoms with van der Waals surface area (Å²) in [6.07, 6.45) is 18.3. The number of guanidine groups is 1. The molecule has 2 heterocycles. The number of halogens is 4. The molecule has 0 saturated heterocycles. The number of nitrogens with zero attached hydrogens (tertiary/aromatic N) is 5. The van der Waals surface area contributed by atoms with Crippen LogP contribution < -0.4 is 92.4 Å². The van der Waals surface area contributed by atoms with Gasteiger partial charge in [0.15, 0.2) is 75.9 Å². The van der Waals surface area contributed by atoms with E-state index in [1.165, 1.54) is 74.5 Å². The number of nitrogens with one attached hydrogen (secondary N) is 6. The number of aliphatic imine (C=N–C) groups is 1. The molecule has 0 bridgehead atoms. The largest absolute Gasteiger partial charge is 0.508 e. The molecule has 6 rings (SSSR count). The fourth-order valence-corrected chi connectivity index (χ4v) is 8.55. The Kier molecular flexibility index (Phi) is 52.7. The first-order valence-electron chi connectivity index (χ1n) is 33.6. The summed E-state index contributed by atoms with van der Waals surface area (Å²) in [6.45, 7) is 5.94. The van der Waals surface area contributed by atoms with Gasteiger partial charge in [-0.1, -0.05) is 159 Å². The van der Waals surface area contributed by atoms with Crippen molar-refractivity contribution in [2.75, 3.05) is 80.5 Å². The number of unbranched alkanes of at least 4 members (excludes halogenated alkanes) is 7. The summed E-state index contributed by atoms with van der Waals surface area (Å²) in [5.41, 5.74) is 51.6. The Balaban J connectivity index is 0.00000135. The van der Waals surface area contributed by atoms with Crippen molar-refractivity contribution >= 4 is 162 Å². The number of phenolic OH excluding ortho intramolecular Hbond substituents is 1. The van der Waals surface area contributed by atoms with Gasteiger partial charge in [-0.2, -0.15) is 0 Å². The van der Waals surface area contributed by atoms with Gasteiger partial charge in [0.25, 0.3) is 29.5 Å². The molecule has 0 spiro atoms. The molecule has 4 aromatic carbocycles. The number of carbonyl (C=O) groups excluding carboxylic acids is 9. The second kappa shape index (κ2) is 58.1. The van der Waals surface area contributed by atoms with Gasteiger partial charge in [0.05, 0.1) is 25.0 Å². The second-order valence-electron chi connectivity index (χ2n) is 22.6. The number of nitrogen functional groups attached to an aromatic ring is 4. The Morgan fingerprint density at radius 2 is 0.769 bits per heavy atom. The van der Waals surface area contributed by atoms with E-state index >= 15 is 0 Å². The molecule has 0 radical (unpaired) electrons. The summed E-state index contributed by atoms with van der Waals surface area (Å²) in [5, 5.41) is 28.0. The minimum absolute atomic E-state index is 0. The molecule has 33 nitrogen and oxygen atoms in total. The molecule has 108 heavy (non-hydrogen) atoms. The number of anilines is 4. The van der Waals surface area contributed by atoms with Gasteiger partial charge in [-0.3, -0.25) is 58.9 Å². The molecule has 0 aliphatic carbocycles. The smallest absolute Gasteiger partial charge is 0.280 e. The highest BCUT2D eigenvalue weighted by molar-refractivity contribution is 14.0. The van der Waals surface area contributed by atoms with Gasteiger partial charge in [0.1, 0.15) is 23.0 Å². The highest BCUT2D eigenvalue weighted by Crippen LogP contribution is 2.21. The number of aryl methyl sites for hydroxylation is 4. The van der Waals surface area contributed by atoms with Gasteiger partial charge in [-0.25, -0.2) is 19.9 Å². The number of ether oxygens (including phenoxy) is 3. The molecule has 6 aromatic rings. The number of amides is 9. The lowest BCUT2D eigenvalue weighted by molar-refractivity contribution is -0.126. The van der Waals surface area contributed by atoms with E-state index in [9.17, 15) is 43.2 Å².